The Morgan fingerprint density at radius 2 is 1.88 bits per heavy atom. The summed E-state index contributed by atoms with van der Waals surface area (Å²) < 4.78 is 0. The van der Waals surface area contributed by atoms with Gasteiger partial charge < -0.3 is 15.5 Å². The Bertz CT molecular complexity index is 553. The highest BCUT2D eigenvalue weighted by atomic mass is 32.2. The molecular weight excluding hydrogens is 330 g/mol. The molecule has 1 heterocycles. The normalized spacial score (nSPS) is 16.9. The van der Waals surface area contributed by atoms with E-state index < -0.39 is 0 Å². The van der Waals surface area contributed by atoms with E-state index in [1.54, 1.807) is 11.8 Å². The minimum atomic E-state index is 0.797. The molecule has 0 radical (unpaired) electrons. The molecule has 6 heteroatoms. The fourth-order valence-corrected chi connectivity index (χ4v) is 3.77. The number of rotatable bonds is 7. The molecule has 0 spiro atoms. The summed E-state index contributed by atoms with van der Waals surface area (Å²) in [5.74, 6) is 0.875. The fourth-order valence-electron chi connectivity index (χ4n) is 3.06. The molecule has 0 amide bonds. The van der Waals surface area contributed by atoms with Gasteiger partial charge in [-0.25, -0.2) is 0 Å². The molecule has 0 atom stereocenters. The molecule has 2 rings (SSSR count). The van der Waals surface area contributed by atoms with Gasteiger partial charge in [-0.05, 0) is 36.9 Å². The minimum absolute atomic E-state index is 0.797. The maximum atomic E-state index is 4.35. The van der Waals surface area contributed by atoms with Crippen LogP contribution in [0.25, 0.3) is 0 Å². The number of nitrogens with zero attached hydrogens (tertiary/aromatic N) is 3. The standard InChI is InChI=1S/C19H33N5S/c1-5-23-10-12-24(13-11-23)9-8-21-19(20-3)22-15-17-7-6-16(2)14-18(17)25-4/h6-7,14H,5,8-13,15H2,1-4H3,(H2,20,21,22). The van der Waals surface area contributed by atoms with Crippen LogP contribution >= 0.6 is 11.8 Å². The van der Waals surface area contributed by atoms with Crippen LogP contribution in [0, 0.1) is 6.92 Å². The molecule has 2 N–H and O–H groups in total. The van der Waals surface area contributed by atoms with Crippen molar-refractivity contribution in [3.63, 3.8) is 0 Å². The van der Waals surface area contributed by atoms with E-state index in [0.29, 0.717) is 0 Å². The Hall–Kier alpha value is -1.24. The van der Waals surface area contributed by atoms with Crippen LogP contribution < -0.4 is 10.6 Å². The van der Waals surface area contributed by atoms with Gasteiger partial charge in [0, 0.05) is 57.8 Å². The maximum Gasteiger partial charge on any atom is 0.191 e. The monoisotopic (exact) mass is 363 g/mol. The second-order valence-electron chi connectivity index (χ2n) is 6.44. The van der Waals surface area contributed by atoms with Gasteiger partial charge in [-0.2, -0.15) is 0 Å². The third-order valence-corrected chi connectivity index (χ3v) is 5.56. The molecule has 25 heavy (non-hydrogen) atoms. The number of aliphatic imine (C=N–C) groups is 1. The van der Waals surface area contributed by atoms with Crippen LogP contribution in [0.15, 0.2) is 28.1 Å². The lowest BCUT2D eigenvalue weighted by Gasteiger charge is -2.34. The molecule has 1 aliphatic heterocycles. The quantitative estimate of drug-likeness (QED) is 0.441. The van der Waals surface area contributed by atoms with Crippen LogP contribution in [-0.4, -0.2) is 74.9 Å². The van der Waals surface area contributed by atoms with Gasteiger partial charge in [0.25, 0.3) is 0 Å². The maximum absolute atomic E-state index is 4.35. The highest BCUT2D eigenvalue weighted by Crippen LogP contribution is 2.21. The number of benzene rings is 1. The van der Waals surface area contributed by atoms with Crippen LogP contribution in [0.1, 0.15) is 18.1 Å². The molecule has 1 fully saturated rings. The number of hydrogen-bond acceptors (Lipinski definition) is 4. The molecule has 0 aromatic heterocycles. The molecule has 1 aromatic carbocycles. The molecule has 1 saturated heterocycles. The zero-order valence-corrected chi connectivity index (χ0v) is 17.0. The summed E-state index contributed by atoms with van der Waals surface area (Å²) in [5.41, 5.74) is 2.62. The van der Waals surface area contributed by atoms with Crippen LogP contribution in [-0.2, 0) is 6.54 Å². The lowest BCUT2D eigenvalue weighted by atomic mass is 10.1. The van der Waals surface area contributed by atoms with Gasteiger partial charge in [0.1, 0.15) is 0 Å². The van der Waals surface area contributed by atoms with Crippen molar-refractivity contribution in [2.24, 2.45) is 4.99 Å². The Balaban J connectivity index is 1.72. The third kappa shape index (κ3) is 6.53. The number of guanidine groups is 1. The van der Waals surface area contributed by atoms with Crippen LogP contribution in [0.4, 0.5) is 0 Å². The average molecular weight is 364 g/mol. The average Bonchev–Trinajstić information content (AvgIpc) is 2.65. The zero-order valence-electron chi connectivity index (χ0n) is 16.1. The number of hydrogen-bond donors (Lipinski definition) is 2. The second kappa shape index (κ2) is 10.7. The largest absolute Gasteiger partial charge is 0.355 e. The highest BCUT2D eigenvalue weighted by Gasteiger charge is 2.14. The van der Waals surface area contributed by atoms with Crippen molar-refractivity contribution in [2.75, 3.05) is 59.1 Å². The Kier molecular flexibility index (Phi) is 8.58. The van der Waals surface area contributed by atoms with Crippen molar-refractivity contribution < 1.29 is 0 Å². The first-order valence-electron chi connectivity index (χ1n) is 9.19. The Labute approximate surface area is 157 Å². The SMILES string of the molecule is CCN1CCN(CCNC(=NC)NCc2ccc(C)cc2SC)CC1. The van der Waals surface area contributed by atoms with Gasteiger partial charge in [-0.3, -0.25) is 9.89 Å². The van der Waals surface area contributed by atoms with Crippen LogP contribution in [0.5, 0.6) is 0 Å². The van der Waals surface area contributed by atoms with Crippen molar-refractivity contribution in [3.05, 3.63) is 29.3 Å². The van der Waals surface area contributed by atoms with E-state index in [4.69, 9.17) is 0 Å². The summed E-state index contributed by atoms with van der Waals surface area (Å²) in [4.78, 5) is 10.7. The molecule has 1 aromatic rings. The van der Waals surface area contributed by atoms with Crippen molar-refractivity contribution in [3.8, 4) is 0 Å². The molecular formula is C19H33N5S. The van der Waals surface area contributed by atoms with Gasteiger partial charge in [-0.1, -0.05) is 19.1 Å². The van der Waals surface area contributed by atoms with Crippen molar-refractivity contribution in [1.29, 1.82) is 0 Å². The van der Waals surface area contributed by atoms with E-state index in [9.17, 15) is 0 Å². The predicted octanol–water partition coefficient (Wildman–Crippen LogP) is 2.02. The summed E-state index contributed by atoms with van der Waals surface area (Å²) in [7, 11) is 1.83. The highest BCUT2D eigenvalue weighted by molar-refractivity contribution is 7.98. The van der Waals surface area contributed by atoms with Crippen molar-refractivity contribution >= 4 is 17.7 Å². The number of piperazine rings is 1. The Morgan fingerprint density at radius 1 is 1.16 bits per heavy atom. The number of likely N-dealkylation sites (N-methyl/N-ethyl adjacent to an activating group) is 1. The van der Waals surface area contributed by atoms with Gasteiger partial charge in [0.2, 0.25) is 0 Å². The third-order valence-electron chi connectivity index (χ3n) is 4.75. The van der Waals surface area contributed by atoms with E-state index in [1.807, 2.05) is 7.05 Å². The van der Waals surface area contributed by atoms with Crippen LogP contribution in [0.3, 0.4) is 0 Å². The summed E-state index contributed by atoms with van der Waals surface area (Å²) in [6.07, 6.45) is 2.13. The molecule has 0 unspecified atom stereocenters. The van der Waals surface area contributed by atoms with E-state index in [0.717, 1.165) is 25.6 Å². The lowest BCUT2D eigenvalue weighted by Crippen LogP contribution is -2.49. The fraction of sp³-hybridized carbons (Fsp3) is 0.632. The summed E-state index contributed by atoms with van der Waals surface area (Å²) >= 11 is 1.80. The van der Waals surface area contributed by atoms with Gasteiger partial charge in [-0.15, -0.1) is 11.8 Å². The van der Waals surface area contributed by atoms with Gasteiger partial charge >= 0.3 is 0 Å². The molecule has 0 saturated carbocycles. The Morgan fingerprint density at radius 3 is 2.52 bits per heavy atom. The van der Waals surface area contributed by atoms with E-state index >= 15 is 0 Å². The first-order chi connectivity index (χ1) is 12.2. The van der Waals surface area contributed by atoms with E-state index in [-0.39, 0.29) is 0 Å². The molecule has 1 aliphatic rings. The number of nitrogens with one attached hydrogen (secondary N) is 2. The van der Waals surface area contributed by atoms with Gasteiger partial charge in [0.15, 0.2) is 5.96 Å². The van der Waals surface area contributed by atoms with E-state index in [1.165, 1.54) is 48.7 Å². The second-order valence-corrected chi connectivity index (χ2v) is 7.29. The molecule has 0 aliphatic carbocycles. The number of aryl methyl sites for hydroxylation is 1. The van der Waals surface area contributed by atoms with Crippen molar-refractivity contribution in [2.45, 2.75) is 25.3 Å². The molecule has 140 valence electrons. The molecule has 0 bridgehead atoms. The van der Waals surface area contributed by atoms with Gasteiger partial charge in [0.05, 0.1) is 0 Å². The minimum Gasteiger partial charge on any atom is -0.355 e. The summed E-state index contributed by atoms with van der Waals surface area (Å²) in [5, 5.41) is 6.87. The van der Waals surface area contributed by atoms with E-state index in [2.05, 4.69) is 63.7 Å². The smallest absolute Gasteiger partial charge is 0.191 e. The predicted molar refractivity (Wildman–Crippen MR) is 110 cm³/mol. The topological polar surface area (TPSA) is 42.9 Å². The number of thioether (sulfide) groups is 1. The van der Waals surface area contributed by atoms with Crippen molar-refractivity contribution in [1.82, 2.24) is 20.4 Å². The van der Waals surface area contributed by atoms with Crippen LogP contribution in [0.2, 0.25) is 0 Å². The first-order valence-corrected chi connectivity index (χ1v) is 10.4. The summed E-state index contributed by atoms with van der Waals surface area (Å²) in [6.45, 7) is 13.0. The first kappa shape index (κ1) is 20.1. The summed E-state index contributed by atoms with van der Waals surface area (Å²) in [6, 6.07) is 6.62. The molecule has 5 nitrogen and oxygen atoms in total. The lowest BCUT2D eigenvalue weighted by molar-refractivity contribution is 0.139. The zero-order chi connectivity index (χ0) is 18.1.